The van der Waals surface area contributed by atoms with Gasteiger partial charge in [0.15, 0.2) is 0 Å². The minimum absolute atomic E-state index is 0.0514. The molecule has 0 aliphatic carbocycles. The van der Waals surface area contributed by atoms with Gasteiger partial charge in [-0.1, -0.05) is 0 Å². The fourth-order valence-corrected chi connectivity index (χ4v) is 3.38. The summed E-state index contributed by atoms with van der Waals surface area (Å²) in [4.78, 5) is 26.9. The van der Waals surface area contributed by atoms with Crippen LogP contribution in [0.3, 0.4) is 0 Å². The fourth-order valence-electron chi connectivity index (χ4n) is 3.38. The van der Waals surface area contributed by atoms with Gasteiger partial charge in [-0.05, 0) is 40.5 Å². The molecule has 25 heavy (non-hydrogen) atoms. The van der Waals surface area contributed by atoms with E-state index in [0.717, 1.165) is 23.9 Å². The Morgan fingerprint density at radius 1 is 1.40 bits per heavy atom. The van der Waals surface area contributed by atoms with Crippen molar-refractivity contribution < 1.29 is 19.4 Å². The highest BCUT2D eigenvalue weighted by atomic mass is 16.6. The quantitative estimate of drug-likeness (QED) is 0.576. The molecule has 1 amide bonds. The summed E-state index contributed by atoms with van der Waals surface area (Å²) < 4.78 is 7.23. The average Bonchev–Trinajstić information content (AvgIpc) is 2.77. The number of aliphatic hydroxyl groups excluding tert-OH is 1. The molecular weight excluding hydrogens is 322 g/mol. The first kappa shape index (κ1) is 17.5. The van der Waals surface area contributed by atoms with Crippen LogP contribution >= 0.6 is 0 Å². The summed E-state index contributed by atoms with van der Waals surface area (Å²) in [5.74, 6) is -0.201. The van der Waals surface area contributed by atoms with Crippen LogP contribution in [0, 0.1) is 0 Å². The molecule has 2 aliphatic heterocycles. The second kappa shape index (κ2) is 6.20. The average molecular weight is 347 g/mol. The molecule has 1 atom stereocenters. The Hall–Kier alpha value is -2.31. The third kappa shape index (κ3) is 3.27. The third-order valence-corrected chi connectivity index (χ3v) is 4.59. The van der Waals surface area contributed by atoms with Gasteiger partial charge in [0.1, 0.15) is 11.3 Å². The number of carbonyl (C=O) groups excluding carboxylic acids is 2. The molecular formula is C18H25N3O4. The smallest absolute Gasteiger partial charge is 0.410 e. The van der Waals surface area contributed by atoms with Gasteiger partial charge in [-0.25, -0.2) is 4.79 Å². The summed E-state index contributed by atoms with van der Waals surface area (Å²) in [6, 6.07) is -0.0514. The minimum atomic E-state index is -0.574. The molecule has 2 aliphatic rings. The molecule has 7 heteroatoms. The molecule has 0 radical (unpaired) electrons. The van der Waals surface area contributed by atoms with Gasteiger partial charge in [0.25, 0.3) is 0 Å². The molecule has 1 N–H and O–H groups in total. The summed E-state index contributed by atoms with van der Waals surface area (Å²) in [5, 5.41) is 14.0. The van der Waals surface area contributed by atoms with E-state index in [0.29, 0.717) is 37.2 Å². The van der Waals surface area contributed by atoms with Crippen molar-refractivity contribution in [3.8, 4) is 0 Å². The lowest BCUT2D eigenvalue weighted by molar-refractivity contribution is 0.0136. The van der Waals surface area contributed by atoms with Crippen molar-refractivity contribution in [3.05, 3.63) is 28.8 Å². The maximum absolute atomic E-state index is 12.8. The van der Waals surface area contributed by atoms with Crippen molar-refractivity contribution in [2.45, 2.75) is 71.7 Å². The predicted molar refractivity (Wildman–Crippen MR) is 91.4 cm³/mol. The van der Waals surface area contributed by atoms with E-state index in [-0.39, 0.29) is 17.9 Å². The highest BCUT2D eigenvalue weighted by Gasteiger charge is 2.36. The number of amides is 1. The van der Waals surface area contributed by atoms with Gasteiger partial charge in [-0.2, -0.15) is 5.10 Å². The molecule has 0 bridgehead atoms. The Kier molecular flexibility index (Phi) is 4.34. The molecule has 3 heterocycles. The standard InChI is InChI=1S/C18H25N3O4/c1-11-8-14-13(9-20(11)17(24)25-18(2,3)4)15-16(23)12(10-22)6-5-7-21(15)19-14/h10-11,22H,5-9H2,1-4H3/t11-/m1/s1. The molecule has 0 saturated heterocycles. The number of hydrogen-bond donors (Lipinski definition) is 1. The van der Waals surface area contributed by atoms with E-state index in [4.69, 9.17) is 4.74 Å². The van der Waals surface area contributed by atoms with Crippen LogP contribution in [0.25, 0.3) is 0 Å². The van der Waals surface area contributed by atoms with Gasteiger partial charge in [0.2, 0.25) is 5.78 Å². The number of aryl methyl sites for hydroxylation is 1. The summed E-state index contributed by atoms with van der Waals surface area (Å²) in [6.07, 6.45) is 2.37. The van der Waals surface area contributed by atoms with Crippen LogP contribution in [-0.2, 0) is 24.2 Å². The van der Waals surface area contributed by atoms with E-state index in [2.05, 4.69) is 5.10 Å². The minimum Gasteiger partial charge on any atom is -0.515 e. The molecule has 0 aromatic carbocycles. The second-order valence-corrected chi connectivity index (χ2v) is 7.75. The highest BCUT2D eigenvalue weighted by Crippen LogP contribution is 2.31. The van der Waals surface area contributed by atoms with E-state index in [1.807, 2.05) is 27.7 Å². The lowest BCUT2D eigenvalue weighted by atomic mass is 9.96. The largest absolute Gasteiger partial charge is 0.515 e. The Balaban J connectivity index is 1.96. The van der Waals surface area contributed by atoms with Crippen LogP contribution in [-0.4, -0.2) is 43.3 Å². The van der Waals surface area contributed by atoms with Crippen LogP contribution in [0.1, 0.15) is 62.3 Å². The number of aromatic nitrogens is 2. The fraction of sp³-hybridized carbons (Fsp3) is 0.611. The maximum atomic E-state index is 12.8. The third-order valence-electron chi connectivity index (χ3n) is 4.59. The van der Waals surface area contributed by atoms with Gasteiger partial charge >= 0.3 is 6.09 Å². The summed E-state index contributed by atoms with van der Waals surface area (Å²) in [5.41, 5.74) is 1.94. The molecule has 3 rings (SSSR count). The van der Waals surface area contributed by atoms with E-state index in [1.165, 1.54) is 0 Å². The molecule has 0 fully saturated rings. The van der Waals surface area contributed by atoms with Gasteiger partial charge in [0.05, 0.1) is 18.5 Å². The van der Waals surface area contributed by atoms with Gasteiger partial charge in [-0.3, -0.25) is 9.48 Å². The first-order chi connectivity index (χ1) is 11.7. The number of fused-ring (bicyclic) bond motifs is 3. The summed E-state index contributed by atoms with van der Waals surface area (Å²) in [7, 11) is 0. The predicted octanol–water partition coefficient (Wildman–Crippen LogP) is 2.98. The normalized spacial score (nSPS) is 22.4. The van der Waals surface area contributed by atoms with E-state index < -0.39 is 5.60 Å². The van der Waals surface area contributed by atoms with Crippen LogP contribution in [0.2, 0.25) is 0 Å². The number of Topliss-reactive ketones (excluding diaryl/α,β-unsaturated/α-hetero) is 1. The van der Waals surface area contributed by atoms with Gasteiger partial charge < -0.3 is 14.7 Å². The zero-order valence-electron chi connectivity index (χ0n) is 15.2. The topological polar surface area (TPSA) is 84.7 Å². The molecule has 0 saturated carbocycles. The van der Waals surface area contributed by atoms with E-state index in [1.54, 1.807) is 9.58 Å². The molecule has 1 aromatic heterocycles. The van der Waals surface area contributed by atoms with Gasteiger partial charge in [-0.15, -0.1) is 0 Å². The first-order valence-electron chi connectivity index (χ1n) is 8.67. The number of aliphatic hydroxyl groups is 1. The number of ether oxygens (including phenoxy) is 1. The number of ketones is 1. The van der Waals surface area contributed by atoms with Crippen molar-refractivity contribution in [1.29, 1.82) is 0 Å². The Morgan fingerprint density at radius 2 is 2.12 bits per heavy atom. The molecule has 0 spiro atoms. The zero-order chi connectivity index (χ0) is 18.4. The van der Waals surface area contributed by atoms with Crippen molar-refractivity contribution >= 4 is 11.9 Å². The Labute approximate surface area is 147 Å². The van der Waals surface area contributed by atoms with Gasteiger partial charge in [0, 0.05) is 30.1 Å². The number of allylic oxidation sites excluding steroid dienone is 1. The molecule has 1 aromatic rings. The number of nitrogens with zero attached hydrogens (tertiary/aromatic N) is 3. The summed E-state index contributed by atoms with van der Waals surface area (Å²) >= 11 is 0. The summed E-state index contributed by atoms with van der Waals surface area (Å²) in [6.45, 7) is 8.38. The van der Waals surface area contributed by atoms with Crippen molar-refractivity contribution in [3.63, 3.8) is 0 Å². The molecule has 7 nitrogen and oxygen atoms in total. The van der Waals surface area contributed by atoms with Crippen LogP contribution in [0.15, 0.2) is 11.8 Å². The lowest BCUT2D eigenvalue weighted by Gasteiger charge is -2.34. The Bertz CT molecular complexity index is 742. The van der Waals surface area contributed by atoms with Crippen LogP contribution in [0.5, 0.6) is 0 Å². The second-order valence-electron chi connectivity index (χ2n) is 7.75. The van der Waals surface area contributed by atoms with Crippen molar-refractivity contribution in [2.24, 2.45) is 0 Å². The number of rotatable bonds is 0. The molecule has 136 valence electrons. The van der Waals surface area contributed by atoms with Crippen molar-refractivity contribution in [2.75, 3.05) is 0 Å². The SMILES string of the molecule is C[C@@H]1Cc2nn3c(c2CN1C(=O)OC(C)(C)C)C(=O)C(=CO)CCC3. The van der Waals surface area contributed by atoms with E-state index in [9.17, 15) is 14.7 Å². The molecule has 0 unspecified atom stereocenters. The number of hydrogen-bond acceptors (Lipinski definition) is 5. The van der Waals surface area contributed by atoms with E-state index >= 15 is 0 Å². The maximum Gasteiger partial charge on any atom is 0.410 e. The Morgan fingerprint density at radius 3 is 2.76 bits per heavy atom. The lowest BCUT2D eigenvalue weighted by Crippen LogP contribution is -2.45. The van der Waals surface area contributed by atoms with Crippen LogP contribution in [0.4, 0.5) is 4.79 Å². The monoisotopic (exact) mass is 347 g/mol. The van der Waals surface area contributed by atoms with Crippen molar-refractivity contribution in [1.82, 2.24) is 14.7 Å². The van der Waals surface area contributed by atoms with Crippen LogP contribution < -0.4 is 0 Å². The highest BCUT2D eigenvalue weighted by molar-refractivity contribution is 6.08. The number of carbonyl (C=O) groups is 2. The zero-order valence-corrected chi connectivity index (χ0v) is 15.2. The first-order valence-corrected chi connectivity index (χ1v) is 8.67.